The maximum absolute atomic E-state index is 10.9. The molecule has 4 nitrogen and oxygen atoms in total. The largest absolute Gasteiger partial charge is 0.497 e. The molecule has 0 atom stereocenters. The molecule has 0 spiro atoms. The monoisotopic (exact) mass is 283 g/mol. The number of anilines is 1. The van der Waals surface area contributed by atoms with E-state index in [4.69, 9.17) is 9.84 Å². The molecule has 0 bridgehead atoms. The molecular weight excluding hydrogens is 266 g/mol. The van der Waals surface area contributed by atoms with Crippen LogP contribution in [0.1, 0.15) is 21.5 Å². The fourth-order valence-corrected chi connectivity index (χ4v) is 2.71. The van der Waals surface area contributed by atoms with Crippen LogP contribution in [0, 0.1) is 0 Å². The van der Waals surface area contributed by atoms with Crippen LogP contribution in [0.15, 0.2) is 42.5 Å². The van der Waals surface area contributed by atoms with Gasteiger partial charge in [0.15, 0.2) is 0 Å². The van der Waals surface area contributed by atoms with E-state index in [0.717, 1.165) is 30.8 Å². The van der Waals surface area contributed by atoms with Crippen LogP contribution in [0.2, 0.25) is 0 Å². The van der Waals surface area contributed by atoms with E-state index in [1.54, 1.807) is 19.2 Å². The lowest BCUT2D eigenvalue weighted by Crippen LogP contribution is -2.19. The van der Waals surface area contributed by atoms with Gasteiger partial charge in [0.1, 0.15) is 5.75 Å². The Morgan fingerprint density at radius 3 is 2.67 bits per heavy atom. The Kier molecular flexibility index (Phi) is 3.52. The zero-order chi connectivity index (χ0) is 14.8. The SMILES string of the molecule is COc1ccc2c(c1)CCN2Cc1ccc(C(=O)O)cc1. The molecule has 21 heavy (non-hydrogen) atoms. The Morgan fingerprint density at radius 1 is 1.24 bits per heavy atom. The molecule has 0 saturated heterocycles. The van der Waals surface area contributed by atoms with Gasteiger partial charge in [0.05, 0.1) is 12.7 Å². The van der Waals surface area contributed by atoms with E-state index in [0.29, 0.717) is 5.56 Å². The molecule has 2 aromatic carbocycles. The number of methoxy groups -OCH3 is 1. The van der Waals surface area contributed by atoms with Gasteiger partial charge in [-0.05, 0) is 47.9 Å². The number of fused-ring (bicyclic) bond motifs is 1. The molecule has 0 unspecified atom stereocenters. The fourth-order valence-electron chi connectivity index (χ4n) is 2.71. The molecule has 1 heterocycles. The highest BCUT2D eigenvalue weighted by atomic mass is 16.5. The van der Waals surface area contributed by atoms with Crippen molar-refractivity contribution in [2.45, 2.75) is 13.0 Å². The Morgan fingerprint density at radius 2 is 2.00 bits per heavy atom. The minimum Gasteiger partial charge on any atom is -0.497 e. The van der Waals surface area contributed by atoms with Crippen LogP contribution in [0.4, 0.5) is 5.69 Å². The van der Waals surface area contributed by atoms with Gasteiger partial charge in [-0.2, -0.15) is 0 Å². The van der Waals surface area contributed by atoms with Gasteiger partial charge in [-0.3, -0.25) is 0 Å². The molecule has 0 saturated carbocycles. The number of nitrogens with zero attached hydrogens (tertiary/aromatic N) is 1. The minimum absolute atomic E-state index is 0.324. The van der Waals surface area contributed by atoms with Crippen molar-refractivity contribution in [1.82, 2.24) is 0 Å². The predicted octanol–water partition coefficient (Wildman–Crippen LogP) is 2.96. The van der Waals surface area contributed by atoms with Gasteiger partial charge in [-0.15, -0.1) is 0 Å². The number of benzene rings is 2. The van der Waals surface area contributed by atoms with E-state index in [2.05, 4.69) is 17.0 Å². The number of aromatic carboxylic acids is 1. The number of carbonyl (C=O) groups is 1. The van der Waals surface area contributed by atoms with Crippen LogP contribution in [0.3, 0.4) is 0 Å². The molecule has 1 aliphatic rings. The molecule has 4 heteroatoms. The second-order valence-corrected chi connectivity index (χ2v) is 5.17. The van der Waals surface area contributed by atoms with E-state index < -0.39 is 5.97 Å². The van der Waals surface area contributed by atoms with E-state index in [9.17, 15) is 4.79 Å². The summed E-state index contributed by atoms with van der Waals surface area (Å²) in [6, 6.07) is 13.2. The second kappa shape index (κ2) is 5.48. The van der Waals surface area contributed by atoms with E-state index >= 15 is 0 Å². The first-order valence-corrected chi connectivity index (χ1v) is 6.91. The van der Waals surface area contributed by atoms with Crippen molar-refractivity contribution < 1.29 is 14.6 Å². The highest BCUT2D eigenvalue weighted by molar-refractivity contribution is 5.87. The summed E-state index contributed by atoms with van der Waals surface area (Å²) in [7, 11) is 1.68. The molecule has 3 rings (SSSR count). The molecule has 0 radical (unpaired) electrons. The molecular formula is C17H17NO3. The second-order valence-electron chi connectivity index (χ2n) is 5.17. The predicted molar refractivity (Wildman–Crippen MR) is 81.1 cm³/mol. The topological polar surface area (TPSA) is 49.8 Å². The highest BCUT2D eigenvalue weighted by Crippen LogP contribution is 2.32. The zero-order valence-corrected chi connectivity index (χ0v) is 11.9. The lowest BCUT2D eigenvalue weighted by atomic mass is 10.1. The van der Waals surface area contributed by atoms with Crippen LogP contribution < -0.4 is 9.64 Å². The summed E-state index contributed by atoms with van der Waals surface area (Å²) in [5, 5.41) is 8.92. The maximum Gasteiger partial charge on any atom is 0.335 e. The summed E-state index contributed by atoms with van der Waals surface area (Å²) >= 11 is 0. The van der Waals surface area contributed by atoms with Crippen LogP contribution in [0.25, 0.3) is 0 Å². The number of carboxylic acid groups (broad SMARTS) is 1. The van der Waals surface area contributed by atoms with Crippen molar-refractivity contribution >= 4 is 11.7 Å². The van der Waals surface area contributed by atoms with Gasteiger partial charge in [0, 0.05) is 18.8 Å². The molecule has 0 aromatic heterocycles. The quantitative estimate of drug-likeness (QED) is 0.937. The van der Waals surface area contributed by atoms with Crippen molar-refractivity contribution in [2.24, 2.45) is 0 Å². The number of hydrogen-bond acceptors (Lipinski definition) is 3. The first kappa shape index (κ1) is 13.5. The van der Waals surface area contributed by atoms with E-state index in [-0.39, 0.29) is 0 Å². The summed E-state index contributed by atoms with van der Waals surface area (Å²) in [5.41, 5.74) is 3.98. The Bertz CT molecular complexity index is 664. The summed E-state index contributed by atoms with van der Waals surface area (Å²) in [4.78, 5) is 13.2. The molecule has 1 aliphatic heterocycles. The number of hydrogen-bond donors (Lipinski definition) is 1. The average molecular weight is 283 g/mol. The van der Waals surface area contributed by atoms with Crippen molar-refractivity contribution in [3.05, 3.63) is 59.2 Å². The smallest absolute Gasteiger partial charge is 0.335 e. The number of rotatable bonds is 4. The van der Waals surface area contributed by atoms with Gasteiger partial charge >= 0.3 is 5.97 Å². The lowest BCUT2D eigenvalue weighted by Gasteiger charge is -2.19. The summed E-state index contributed by atoms with van der Waals surface area (Å²) < 4.78 is 5.25. The standard InChI is InChI=1S/C17H17NO3/c1-21-15-6-7-16-14(10-15)8-9-18(16)11-12-2-4-13(5-3-12)17(19)20/h2-7,10H,8-9,11H2,1H3,(H,19,20). The number of carboxylic acids is 1. The first-order chi connectivity index (χ1) is 10.2. The average Bonchev–Trinajstić information content (AvgIpc) is 2.90. The normalized spacial score (nSPS) is 13.1. The van der Waals surface area contributed by atoms with Crippen LogP contribution in [-0.4, -0.2) is 24.7 Å². The van der Waals surface area contributed by atoms with Gasteiger partial charge < -0.3 is 14.7 Å². The summed E-state index contributed by atoms with van der Waals surface area (Å²) in [5.74, 6) is 0.00146. The first-order valence-electron chi connectivity index (χ1n) is 6.91. The third-order valence-corrected chi connectivity index (χ3v) is 3.85. The minimum atomic E-state index is -0.889. The molecule has 0 amide bonds. The van der Waals surface area contributed by atoms with Crippen molar-refractivity contribution in [3.8, 4) is 5.75 Å². The van der Waals surface area contributed by atoms with Gasteiger partial charge in [0.2, 0.25) is 0 Å². The van der Waals surface area contributed by atoms with Crippen molar-refractivity contribution in [2.75, 3.05) is 18.6 Å². The Labute approximate surface area is 123 Å². The fraction of sp³-hybridized carbons (Fsp3) is 0.235. The lowest BCUT2D eigenvalue weighted by molar-refractivity contribution is 0.0697. The van der Waals surface area contributed by atoms with Crippen LogP contribution in [0.5, 0.6) is 5.75 Å². The Hall–Kier alpha value is -2.49. The molecule has 2 aromatic rings. The van der Waals surface area contributed by atoms with Gasteiger partial charge in [-0.25, -0.2) is 4.79 Å². The van der Waals surface area contributed by atoms with E-state index in [1.807, 2.05) is 18.2 Å². The highest BCUT2D eigenvalue weighted by Gasteiger charge is 2.19. The van der Waals surface area contributed by atoms with Crippen molar-refractivity contribution in [1.29, 1.82) is 0 Å². The van der Waals surface area contributed by atoms with Gasteiger partial charge in [0.25, 0.3) is 0 Å². The maximum atomic E-state index is 10.9. The Balaban J connectivity index is 1.77. The third kappa shape index (κ3) is 2.70. The van der Waals surface area contributed by atoms with Crippen molar-refractivity contribution in [3.63, 3.8) is 0 Å². The molecule has 1 N–H and O–H groups in total. The number of ether oxygens (including phenoxy) is 1. The molecule has 0 fully saturated rings. The van der Waals surface area contributed by atoms with E-state index in [1.165, 1.54) is 11.3 Å². The molecule has 0 aliphatic carbocycles. The summed E-state index contributed by atoms with van der Waals surface area (Å²) in [6.45, 7) is 1.77. The third-order valence-electron chi connectivity index (χ3n) is 3.85. The summed E-state index contributed by atoms with van der Waals surface area (Å²) in [6.07, 6.45) is 1.01. The van der Waals surface area contributed by atoms with Gasteiger partial charge in [-0.1, -0.05) is 12.1 Å². The van der Waals surface area contributed by atoms with Crippen LogP contribution >= 0.6 is 0 Å². The van der Waals surface area contributed by atoms with Crippen LogP contribution in [-0.2, 0) is 13.0 Å². The zero-order valence-electron chi connectivity index (χ0n) is 11.9. The molecule has 108 valence electrons.